The number of aromatic nitrogens is 1. The van der Waals surface area contributed by atoms with E-state index in [1.54, 1.807) is 5.57 Å². The average Bonchev–Trinajstić information content (AvgIpc) is 3.66. The summed E-state index contributed by atoms with van der Waals surface area (Å²) in [6, 6.07) is 40.6. The molecule has 5 aromatic carbocycles. The Hall–Kier alpha value is -4.62. The van der Waals surface area contributed by atoms with E-state index in [0.717, 1.165) is 25.7 Å². The smallest absolute Gasteiger partial charge is 0.0537 e. The molecule has 0 radical (unpaired) electrons. The lowest BCUT2D eigenvalue weighted by molar-refractivity contribution is 0.982. The van der Waals surface area contributed by atoms with Gasteiger partial charge in [0, 0.05) is 16.5 Å². The predicted molar refractivity (Wildman–Crippen MR) is 164 cm³/mol. The van der Waals surface area contributed by atoms with Crippen LogP contribution >= 0.6 is 0 Å². The van der Waals surface area contributed by atoms with Crippen LogP contribution in [0.5, 0.6) is 0 Å². The van der Waals surface area contributed by atoms with E-state index >= 15 is 0 Å². The first-order valence-electron chi connectivity index (χ1n) is 14.1. The van der Waals surface area contributed by atoms with Crippen LogP contribution in [0.2, 0.25) is 0 Å². The zero-order chi connectivity index (χ0) is 25.5. The molecule has 0 fully saturated rings. The van der Waals surface area contributed by atoms with Gasteiger partial charge in [0.25, 0.3) is 0 Å². The molecule has 6 aromatic rings. The second-order valence-electron chi connectivity index (χ2n) is 11.2. The molecule has 3 aliphatic rings. The molecule has 0 atom stereocenters. The van der Waals surface area contributed by atoms with E-state index in [0.29, 0.717) is 0 Å². The maximum Gasteiger partial charge on any atom is 0.0537 e. The van der Waals surface area contributed by atoms with Gasteiger partial charge in [0.2, 0.25) is 0 Å². The molecule has 0 amide bonds. The molecule has 1 aromatic heterocycles. The molecule has 0 N–H and O–H groups in total. The number of hydrogen-bond acceptors (Lipinski definition) is 0. The number of allylic oxidation sites excluding steroid dienone is 4. The minimum absolute atomic E-state index is 1.03. The fourth-order valence-electron chi connectivity index (χ4n) is 7.46. The van der Waals surface area contributed by atoms with Crippen LogP contribution in [-0.4, -0.2) is 4.57 Å². The third-order valence-electron chi connectivity index (χ3n) is 9.20. The predicted octanol–water partition coefficient (Wildman–Crippen LogP) is 9.68. The Balaban J connectivity index is 1.15. The summed E-state index contributed by atoms with van der Waals surface area (Å²) in [5.41, 5.74) is 18.5. The molecule has 3 aliphatic carbocycles. The lowest BCUT2D eigenvalue weighted by Crippen LogP contribution is -2.02. The monoisotopic (exact) mass is 497 g/mol. The molecule has 1 heterocycles. The van der Waals surface area contributed by atoms with E-state index in [2.05, 4.69) is 120 Å². The second kappa shape index (κ2) is 7.94. The molecule has 9 rings (SSSR count). The summed E-state index contributed by atoms with van der Waals surface area (Å²) < 4.78 is 2.51. The minimum Gasteiger partial charge on any atom is -0.313 e. The zero-order valence-electron chi connectivity index (χ0n) is 21.7. The van der Waals surface area contributed by atoms with Crippen LogP contribution in [0, 0.1) is 0 Å². The van der Waals surface area contributed by atoms with E-state index in [1.165, 1.54) is 77.6 Å². The van der Waals surface area contributed by atoms with Gasteiger partial charge in [-0.3, -0.25) is 0 Å². The van der Waals surface area contributed by atoms with Gasteiger partial charge in [0.05, 0.1) is 11.0 Å². The van der Waals surface area contributed by atoms with E-state index < -0.39 is 0 Å². The lowest BCUT2D eigenvalue weighted by atomic mass is 9.91. The summed E-state index contributed by atoms with van der Waals surface area (Å²) in [6.07, 6.45) is 6.70. The van der Waals surface area contributed by atoms with Gasteiger partial charge < -0.3 is 4.57 Å². The first-order chi connectivity index (χ1) is 19.3. The SMILES string of the molecule is C1=C(n2c3ccccc3c3ccccc32)CCC2=C1Cc1ccc(-c3cccc4c3Cc3ccccc3-4)cc12. The van der Waals surface area contributed by atoms with Crippen molar-refractivity contribution in [2.45, 2.75) is 25.7 Å². The third-order valence-corrected chi connectivity index (χ3v) is 9.20. The average molecular weight is 498 g/mol. The summed E-state index contributed by atoms with van der Waals surface area (Å²) in [7, 11) is 0. The molecular weight excluding hydrogens is 470 g/mol. The van der Waals surface area contributed by atoms with Gasteiger partial charge in [0.1, 0.15) is 0 Å². The van der Waals surface area contributed by atoms with Crippen LogP contribution in [-0.2, 0) is 12.8 Å². The van der Waals surface area contributed by atoms with Crippen LogP contribution in [0.3, 0.4) is 0 Å². The van der Waals surface area contributed by atoms with Crippen molar-refractivity contribution in [3.8, 4) is 22.3 Å². The number of benzene rings is 5. The van der Waals surface area contributed by atoms with Crippen molar-refractivity contribution in [3.63, 3.8) is 0 Å². The van der Waals surface area contributed by atoms with E-state index in [-0.39, 0.29) is 0 Å². The van der Waals surface area contributed by atoms with Crippen molar-refractivity contribution < 1.29 is 0 Å². The van der Waals surface area contributed by atoms with Crippen molar-refractivity contribution in [1.29, 1.82) is 0 Å². The Labute approximate surface area is 228 Å². The minimum atomic E-state index is 1.03. The van der Waals surface area contributed by atoms with Crippen molar-refractivity contribution in [2.75, 3.05) is 0 Å². The van der Waals surface area contributed by atoms with Gasteiger partial charge in [-0.1, -0.05) is 91.0 Å². The molecule has 39 heavy (non-hydrogen) atoms. The summed E-state index contributed by atoms with van der Waals surface area (Å²) >= 11 is 0. The number of rotatable bonds is 2. The maximum atomic E-state index is 2.51. The Morgan fingerprint density at radius 2 is 1.21 bits per heavy atom. The zero-order valence-corrected chi connectivity index (χ0v) is 21.7. The van der Waals surface area contributed by atoms with Gasteiger partial charge in [0.15, 0.2) is 0 Å². The van der Waals surface area contributed by atoms with Gasteiger partial charge in [-0.25, -0.2) is 0 Å². The molecule has 0 saturated heterocycles. The Morgan fingerprint density at radius 3 is 2.05 bits per heavy atom. The molecule has 0 aliphatic heterocycles. The summed E-state index contributed by atoms with van der Waals surface area (Å²) in [5, 5.41) is 2.68. The summed E-state index contributed by atoms with van der Waals surface area (Å²) in [4.78, 5) is 0. The van der Waals surface area contributed by atoms with Crippen LogP contribution < -0.4 is 0 Å². The highest BCUT2D eigenvalue weighted by atomic mass is 15.0. The third kappa shape index (κ3) is 3.02. The number of nitrogens with zero attached hydrogens (tertiary/aromatic N) is 1. The first-order valence-corrected chi connectivity index (χ1v) is 14.1. The lowest BCUT2D eigenvalue weighted by Gasteiger charge is -2.19. The summed E-state index contributed by atoms with van der Waals surface area (Å²) in [5.74, 6) is 0. The van der Waals surface area contributed by atoms with E-state index in [1.807, 2.05) is 0 Å². The molecule has 0 saturated carbocycles. The Bertz CT molecular complexity index is 2010. The van der Waals surface area contributed by atoms with E-state index in [9.17, 15) is 0 Å². The van der Waals surface area contributed by atoms with Gasteiger partial charge in [-0.2, -0.15) is 0 Å². The largest absolute Gasteiger partial charge is 0.313 e. The fraction of sp³-hybridized carbons (Fsp3) is 0.105. The normalized spacial score (nSPS) is 15.3. The molecule has 1 nitrogen and oxygen atoms in total. The van der Waals surface area contributed by atoms with Crippen molar-refractivity contribution >= 4 is 33.1 Å². The molecule has 0 unspecified atom stereocenters. The molecule has 0 bridgehead atoms. The highest BCUT2D eigenvalue weighted by Crippen LogP contribution is 2.46. The van der Waals surface area contributed by atoms with Crippen LogP contribution in [0.25, 0.3) is 55.3 Å². The quantitative estimate of drug-likeness (QED) is 0.224. The van der Waals surface area contributed by atoms with Crippen LogP contribution in [0.4, 0.5) is 0 Å². The fourth-order valence-corrected chi connectivity index (χ4v) is 7.46. The standard InChI is InChI=1S/C38H27N/c1-2-9-29-24(8-1)23-36-30(12-7-13-32(29)36)26-17-16-25-20-27-21-28(18-19-31(27)35(25)22-26)39-37-14-5-3-10-33(37)34-11-4-6-15-38(34)39/h1-17,21-22H,18-20,23H2. The number of hydrogen-bond donors (Lipinski definition) is 0. The topological polar surface area (TPSA) is 4.93 Å². The van der Waals surface area contributed by atoms with Crippen LogP contribution in [0.1, 0.15) is 35.1 Å². The van der Waals surface area contributed by atoms with Crippen LogP contribution in [0.15, 0.2) is 121 Å². The second-order valence-corrected chi connectivity index (χ2v) is 11.2. The first kappa shape index (κ1) is 21.3. The number of para-hydroxylation sites is 2. The van der Waals surface area contributed by atoms with Gasteiger partial charge in [-0.05, 0) is 106 Å². The van der Waals surface area contributed by atoms with Gasteiger partial charge in [-0.15, -0.1) is 0 Å². The molecule has 184 valence electrons. The molecule has 0 spiro atoms. The molecular formula is C38H27N. The van der Waals surface area contributed by atoms with Crippen molar-refractivity contribution in [3.05, 3.63) is 143 Å². The van der Waals surface area contributed by atoms with Gasteiger partial charge >= 0.3 is 0 Å². The highest BCUT2D eigenvalue weighted by molar-refractivity contribution is 6.10. The Kier molecular flexibility index (Phi) is 4.34. The maximum absolute atomic E-state index is 2.51. The molecule has 1 heteroatoms. The number of fused-ring (bicyclic) bond motifs is 8. The summed E-state index contributed by atoms with van der Waals surface area (Å²) in [6.45, 7) is 0. The highest BCUT2D eigenvalue weighted by Gasteiger charge is 2.27. The van der Waals surface area contributed by atoms with Crippen molar-refractivity contribution in [1.82, 2.24) is 4.57 Å². The van der Waals surface area contributed by atoms with Crippen molar-refractivity contribution in [2.24, 2.45) is 0 Å². The van der Waals surface area contributed by atoms with E-state index in [4.69, 9.17) is 0 Å². The Morgan fingerprint density at radius 1 is 0.513 bits per heavy atom.